The molecule has 6 heteroatoms. The number of aryl methyl sites for hydroxylation is 1. The van der Waals surface area contributed by atoms with E-state index in [0.29, 0.717) is 26.2 Å². The zero-order valence-corrected chi connectivity index (χ0v) is 13.0. The molecule has 0 bridgehead atoms. The zero-order chi connectivity index (χ0) is 15.9. The molecule has 2 heterocycles. The van der Waals surface area contributed by atoms with Gasteiger partial charge in [0.1, 0.15) is 0 Å². The third-order valence-corrected chi connectivity index (χ3v) is 3.73. The number of rotatable bonds is 6. The molecule has 0 atom stereocenters. The van der Waals surface area contributed by atoms with Crippen LogP contribution in [0.1, 0.15) is 30.4 Å². The average Bonchev–Trinajstić information content (AvgIpc) is 2.96. The van der Waals surface area contributed by atoms with Crippen LogP contribution in [-0.2, 0) is 17.8 Å². The van der Waals surface area contributed by atoms with Gasteiger partial charge in [-0.15, -0.1) is 0 Å². The number of carbonyl (C=O) groups excluding carboxylic acids is 1. The molecule has 0 radical (unpaired) electrons. The van der Waals surface area contributed by atoms with Crippen LogP contribution in [-0.4, -0.2) is 29.3 Å². The maximum atomic E-state index is 11.9. The van der Waals surface area contributed by atoms with E-state index in [9.17, 15) is 4.79 Å². The van der Waals surface area contributed by atoms with E-state index in [2.05, 4.69) is 15.5 Å². The Hall–Kier alpha value is -2.50. The van der Waals surface area contributed by atoms with Crippen LogP contribution in [0, 0.1) is 0 Å². The van der Waals surface area contributed by atoms with Gasteiger partial charge in [0, 0.05) is 25.6 Å². The van der Waals surface area contributed by atoms with Crippen molar-refractivity contribution < 1.29 is 14.3 Å². The van der Waals surface area contributed by atoms with Crippen LogP contribution in [0.5, 0.6) is 11.5 Å². The Morgan fingerprint density at radius 2 is 2.09 bits per heavy atom. The van der Waals surface area contributed by atoms with E-state index in [1.165, 1.54) is 0 Å². The summed E-state index contributed by atoms with van der Waals surface area (Å²) in [5, 5.41) is 9.60. The van der Waals surface area contributed by atoms with E-state index in [4.69, 9.17) is 9.47 Å². The minimum absolute atomic E-state index is 0.0561. The number of nitrogens with one attached hydrogen (secondary N) is 2. The van der Waals surface area contributed by atoms with Gasteiger partial charge in [0.2, 0.25) is 5.91 Å². The smallest absolute Gasteiger partial charge is 0.220 e. The number of H-pyrrole nitrogens is 1. The lowest BCUT2D eigenvalue weighted by Gasteiger charge is -2.10. The fourth-order valence-corrected chi connectivity index (χ4v) is 2.47. The van der Waals surface area contributed by atoms with Gasteiger partial charge < -0.3 is 14.8 Å². The summed E-state index contributed by atoms with van der Waals surface area (Å²) in [6.07, 6.45) is 6.71. The molecule has 1 aromatic heterocycles. The molecule has 0 saturated carbocycles. The van der Waals surface area contributed by atoms with Crippen molar-refractivity contribution in [3.8, 4) is 11.5 Å². The molecule has 0 spiro atoms. The Labute approximate surface area is 135 Å². The number of aromatic amines is 1. The van der Waals surface area contributed by atoms with Crippen molar-refractivity contribution in [1.29, 1.82) is 0 Å². The number of benzene rings is 1. The van der Waals surface area contributed by atoms with Crippen molar-refractivity contribution in [3.05, 3.63) is 41.7 Å². The summed E-state index contributed by atoms with van der Waals surface area (Å²) >= 11 is 0. The van der Waals surface area contributed by atoms with Crippen LogP contribution in [0.25, 0.3) is 0 Å². The Morgan fingerprint density at radius 1 is 1.22 bits per heavy atom. The molecule has 23 heavy (non-hydrogen) atoms. The van der Waals surface area contributed by atoms with Crippen LogP contribution in [0.2, 0.25) is 0 Å². The molecular weight excluding hydrogens is 294 g/mol. The fraction of sp³-hybridized carbons (Fsp3) is 0.412. The van der Waals surface area contributed by atoms with Crippen LogP contribution in [0.4, 0.5) is 0 Å². The van der Waals surface area contributed by atoms with Crippen molar-refractivity contribution >= 4 is 5.91 Å². The molecule has 1 amide bonds. The van der Waals surface area contributed by atoms with Gasteiger partial charge in [0.25, 0.3) is 0 Å². The Kier molecular flexibility index (Phi) is 5.13. The predicted molar refractivity (Wildman–Crippen MR) is 85.4 cm³/mol. The Morgan fingerprint density at radius 3 is 2.91 bits per heavy atom. The molecule has 2 aromatic rings. The summed E-state index contributed by atoms with van der Waals surface area (Å²) in [6, 6.07) is 5.80. The monoisotopic (exact) mass is 315 g/mol. The molecule has 0 unspecified atom stereocenters. The number of nitrogens with zero attached hydrogens (tertiary/aromatic N) is 1. The highest BCUT2D eigenvalue weighted by Crippen LogP contribution is 2.30. The SMILES string of the molecule is O=C(CCCc1cn[nH]c1)NCc1ccc2c(c1)OCCCO2. The van der Waals surface area contributed by atoms with Crippen molar-refractivity contribution in [3.63, 3.8) is 0 Å². The molecule has 1 aliphatic heterocycles. The molecule has 0 fully saturated rings. The first-order valence-electron chi connectivity index (χ1n) is 7.94. The summed E-state index contributed by atoms with van der Waals surface area (Å²) in [7, 11) is 0. The molecule has 6 nitrogen and oxygen atoms in total. The van der Waals surface area contributed by atoms with Crippen LogP contribution < -0.4 is 14.8 Å². The fourth-order valence-electron chi connectivity index (χ4n) is 2.47. The van der Waals surface area contributed by atoms with Crippen molar-refractivity contribution in [1.82, 2.24) is 15.5 Å². The second kappa shape index (κ2) is 7.67. The molecule has 2 N–H and O–H groups in total. The minimum atomic E-state index is 0.0561. The predicted octanol–water partition coefficient (Wildman–Crippen LogP) is 2.21. The molecule has 1 aromatic carbocycles. The van der Waals surface area contributed by atoms with Gasteiger partial charge in [-0.1, -0.05) is 6.07 Å². The van der Waals surface area contributed by atoms with Gasteiger partial charge in [0.15, 0.2) is 11.5 Å². The average molecular weight is 315 g/mol. The lowest BCUT2D eigenvalue weighted by Crippen LogP contribution is -2.22. The largest absolute Gasteiger partial charge is 0.490 e. The molecule has 0 saturated heterocycles. The number of hydrogen-bond acceptors (Lipinski definition) is 4. The van der Waals surface area contributed by atoms with Gasteiger partial charge in [-0.3, -0.25) is 9.89 Å². The van der Waals surface area contributed by atoms with Gasteiger partial charge in [-0.05, 0) is 36.1 Å². The van der Waals surface area contributed by atoms with Crippen molar-refractivity contribution in [2.24, 2.45) is 0 Å². The highest BCUT2D eigenvalue weighted by Gasteiger charge is 2.11. The first-order chi connectivity index (χ1) is 11.3. The van der Waals surface area contributed by atoms with Gasteiger partial charge in [-0.2, -0.15) is 5.10 Å². The first-order valence-corrected chi connectivity index (χ1v) is 7.94. The standard InChI is InChI=1S/C17H21N3O3/c21-17(4-1-3-14-11-19-20-12-14)18-10-13-5-6-15-16(9-13)23-8-2-7-22-15/h5-6,9,11-12H,1-4,7-8,10H2,(H,18,21)(H,19,20). The van der Waals surface area contributed by atoms with Crippen molar-refractivity contribution in [2.45, 2.75) is 32.2 Å². The van der Waals surface area contributed by atoms with E-state index in [-0.39, 0.29) is 5.91 Å². The second-order valence-electron chi connectivity index (χ2n) is 5.57. The summed E-state index contributed by atoms with van der Waals surface area (Å²) in [5.41, 5.74) is 2.14. The molecular formula is C17H21N3O3. The van der Waals surface area contributed by atoms with E-state index in [1.807, 2.05) is 24.4 Å². The zero-order valence-electron chi connectivity index (χ0n) is 13.0. The summed E-state index contributed by atoms with van der Waals surface area (Å²) in [6.45, 7) is 1.84. The number of aromatic nitrogens is 2. The molecule has 1 aliphatic rings. The van der Waals surface area contributed by atoms with E-state index in [0.717, 1.165) is 41.9 Å². The second-order valence-corrected chi connectivity index (χ2v) is 5.57. The number of amides is 1. The van der Waals surface area contributed by atoms with Gasteiger partial charge in [0.05, 0.1) is 19.4 Å². The molecule has 3 rings (SSSR count). The lowest BCUT2D eigenvalue weighted by atomic mass is 10.1. The Balaban J connectivity index is 1.44. The number of ether oxygens (including phenoxy) is 2. The third-order valence-electron chi connectivity index (χ3n) is 3.73. The third kappa shape index (κ3) is 4.48. The summed E-state index contributed by atoms with van der Waals surface area (Å²) in [4.78, 5) is 11.9. The summed E-state index contributed by atoms with van der Waals surface area (Å²) in [5.74, 6) is 1.59. The van der Waals surface area contributed by atoms with Gasteiger partial charge in [-0.25, -0.2) is 0 Å². The normalized spacial score (nSPS) is 13.4. The van der Waals surface area contributed by atoms with Crippen LogP contribution in [0.15, 0.2) is 30.6 Å². The van der Waals surface area contributed by atoms with Crippen LogP contribution >= 0.6 is 0 Å². The number of carbonyl (C=O) groups is 1. The number of fused-ring (bicyclic) bond motifs is 1. The van der Waals surface area contributed by atoms with E-state index < -0.39 is 0 Å². The highest BCUT2D eigenvalue weighted by molar-refractivity contribution is 5.75. The van der Waals surface area contributed by atoms with E-state index >= 15 is 0 Å². The topological polar surface area (TPSA) is 76.2 Å². The minimum Gasteiger partial charge on any atom is -0.490 e. The van der Waals surface area contributed by atoms with Crippen molar-refractivity contribution in [2.75, 3.05) is 13.2 Å². The maximum Gasteiger partial charge on any atom is 0.220 e. The van der Waals surface area contributed by atoms with Crippen LogP contribution in [0.3, 0.4) is 0 Å². The van der Waals surface area contributed by atoms with Gasteiger partial charge >= 0.3 is 0 Å². The Bertz CT molecular complexity index is 641. The molecule has 122 valence electrons. The number of hydrogen-bond donors (Lipinski definition) is 2. The lowest BCUT2D eigenvalue weighted by molar-refractivity contribution is -0.121. The summed E-state index contributed by atoms with van der Waals surface area (Å²) < 4.78 is 11.3. The van der Waals surface area contributed by atoms with E-state index in [1.54, 1.807) is 6.20 Å². The molecule has 0 aliphatic carbocycles. The highest BCUT2D eigenvalue weighted by atomic mass is 16.5. The maximum absolute atomic E-state index is 11.9. The first kappa shape index (κ1) is 15.4. The quantitative estimate of drug-likeness (QED) is 0.857.